The van der Waals surface area contributed by atoms with E-state index in [0.29, 0.717) is 40.8 Å². The van der Waals surface area contributed by atoms with Crippen LogP contribution in [0.2, 0.25) is 5.02 Å². The van der Waals surface area contributed by atoms with Gasteiger partial charge in [-0.3, -0.25) is 19.1 Å². The van der Waals surface area contributed by atoms with Gasteiger partial charge in [0.15, 0.2) is 0 Å². The maximum atomic E-state index is 14.5. The van der Waals surface area contributed by atoms with Crippen molar-refractivity contribution in [2.45, 2.75) is 115 Å². The second-order valence-corrected chi connectivity index (χ2v) is 18.7. The highest BCUT2D eigenvalue weighted by Crippen LogP contribution is 2.48. The molecule has 2 saturated carbocycles. The molecular formula is C37H50ClN5O9S. The van der Waals surface area contributed by atoms with Crippen LogP contribution in [0.4, 0.5) is 4.79 Å². The molecule has 3 aliphatic rings. The Kier molecular flexibility index (Phi) is 10.8. The van der Waals surface area contributed by atoms with Crippen molar-refractivity contribution in [2.24, 2.45) is 11.3 Å². The first kappa shape index (κ1) is 40.1. The first-order valence-electron chi connectivity index (χ1n) is 17.7. The average molecular weight is 776 g/mol. The molecule has 1 saturated heterocycles. The molecule has 0 spiro atoms. The lowest BCUT2D eigenvalue weighted by Gasteiger charge is -2.36. The highest BCUT2D eigenvalue weighted by molar-refractivity contribution is 7.91. The first-order chi connectivity index (χ1) is 24.6. The minimum absolute atomic E-state index is 0.0173. The summed E-state index contributed by atoms with van der Waals surface area (Å²) in [5.74, 6) is -1.89. The highest BCUT2D eigenvalue weighted by atomic mass is 35.5. The standard InChI is InChI=1S/C37H50ClN5O9S/c1-10-21-18-37(21,32(46)42-53(48,49)36(11-2)14-15-36)41-29(44)27-17-23(51-30-24-13-12-22(50-9)16-25(24)26(38)19-39-30)20-43(27)31(45)28(34(3,4)5)40-33(47)52-35(6,7)8/h10,12-13,16,19,21,23,27-28H,1,11,14-15,17-18,20H2,2-9H3,(H,40,47)(H,41,44)(H,42,46)/t21-,23-,27+,28-,37-/m1/s1. The Hall–Kier alpha value is -4.11. The van der Waals surface area contributed by atoms with E-state index in [0.717, 1.165) is 0 Å². The van der Waals surface area contributed by atoms with Gasteiger partial charge < -0.3 is 29.7 Å². The van der Waals surface area contributed by atoms with E-state index in [2.05, 4.69) is 26.9 Å². The molecule has 2 aromatic rings. The van der Waals surface area contributed by atoms with Crippen LogP contribution in [0, 0.1) is 11.3 Å². The largest absolute Gasteiger partial charge is 0.497 e. The van der Waals surface area contributed by atoms with Gasteiger partial charge in [-0.15, -0.1) is 6.58 Å². The molecule has 16 heteroatoms. The number of halogens is 1. The van der Waals surface area contributed by atoms with Gasteiger partial charge >= 0.3 is 6.09 Å². The van der Waals surface area contributed by atoms with Crippen LogP contribution < -0.4 is 24.8 Å². The summed E-state index contributed by atoms with van der Waals surface area (Å²) in [6, 6.07) is 2.89. The van der Waals surface area contributed by atoms with E-state index in [1.165, 1.54) is 24.3 Å². The van der Waals surface area contributed by atoms with Crippen molar-refractivity contribution in [1.29, 1.82) is 0 Å². The van der Waals surface area contributed by atoms with E-state index < -0.39 is 79.2 Å². The molecule has 53 heavy (non-hydrogen) atoms. The minimum atomic E-state index is -4.02. The van der Waals surface area contributed by atoms with Crippen LogP contribution in [-0.4, -0.2) is 89.8 Å². The normalized spacial score (nSPS) is 24.1. The van der Waals surface area contributed by atoms with Crippen molar-refractivity contribution >= 4 is 56.2 Å². The lowest BCUT2D eigenvalue weighted by atomic mass is 9.85. The number of carbonyl (C=O) groups is 4. The molecule has 0 radical (unpaired) electrons. The maximum Gasteiger partial charge on any atom is 0.408 e. The van der Waals surface area contributed by atoms with Gasteiger partial charge in [0.05, 0.1) is 29.6 Å². The molecule has 5 rings (SSSR count). The Morgan fingerprint density at radius 3 is 2.36 bits per heavy atom. The topological polar surface area (TPSA) is 182 Å². The number of aromatic nitrogens is 1. The fourth-order valence-electron chi connectivity index (χ4n) is 6.77. The summed E-state index contributed by atoms with van der Waals surface area (Å²) in [4.78, 5) is 61.2. The van der Waals surface area contributed by atoms with E-state index in [4.69, 9.17) is 25.8 Å². The Morgan fingerprint density at radius 1 is 1.13 bits per heavy atom. The molecule has 5 atom stereocenters. The van der Waals surface area contributed by atoms with Gasteiger partial charge in [0.25, 0.3) is 5.91 Å². The van der Waals surface area contributed by atoms with Gasteiger partial charge in [-0.05, 0) is 70.1 Å². The molecule has 2 aliphatic carbocycles. The minimum Gasteiger partial charge on any atom is -0.497 e. The summed E-state index contributed by atoms with van der Waals surface area (Å²) in [5, 5.41) is 7.05. The molecular weight excluding hydrogens is 726 g/mol. The average Bonchev–Trinajstić information content (AvgIpc) is 3.98. The molecule has 1 aliphatic heterocycles. The van der Waals surface area contributed by atoms with E-state index >= 15 is 0 Å². The van der Waals surface area contributed by atoms with E-state index in [1.54, 1.807) is 66.7 Å². The lowest BCUT2D eigenvalue weighted by molar-refractivity contribution is -0.143. The lowest BCUT2D eigenvalue weighted by Crippen LogP contribution is -2.60. The van der Waals surface area contributed by atoms with Crippen molar-refractivity contribution in [2.75, 3.05) is 13.7 Å². The van der Waals surface area contributed by atoms with Crippen LogP contribution in [0.25, 0.3) is 10.8 Å². The number of fused-ring (bicyclic) bond motifs is 1. The third-order valence-corrected chi connectivity index (χ3v) is 12.8. The molecule has 4 amide bonds. The van der Waals surface area contributed by atoms with Crippen LogP contribution in [0.3, 0.4) is 0 Å². The fourth-order valence-corrected chi connectivity index (χ4v) is 8.63. The van der Waals surface area contributed by atoms with Crippen LogP contribution >= 0.6 is 11.6 Å². The number of methoxy groups -OCH3 is 1. The van der Waals surface area contributed by atoms with Crippen molar-refractivity contribution in [1.82, 2.24) is 25.2 Å². The Balaban J connectivity index is 1.46. The number of hydrogen-bond acceptors (Lipinski definition) is 10. The van der Waals surface area contributed by atoms with Crippen molar-refractivity contribution in [3.8, 4) is 11.6 Å². The number of ether oxygens (including phenoxy) is 3. The number of likely N-dealkylation sites (tertiary alicyclic amines) is 1. The molecule has 0 unspecified atom stereocenters. The number of pyridine rings is 1. The van der Waals surface area contributed by atoms with E-state index in [9.17, 15) is 27.6 Å². The Morgan fingerprint density at radius 2 is 1.81 bits per heavy atom. The van der Waals surface area contributed by atoms with E-state index in [-0.39, 0.29) is 25.3 Å². The number of benzene rings is 1. The van der Waals surface area contributed by atoms with Gasteiger partial charge in [0.2, 0.25) is 27.7 Å². The van der Waals surface area contributed by atoms with Crippen molar-refractivity contribution in [3.63, 3.8) is 0 Å². The fraction of sp³-hybridized carbons (Fsp3) is 0.595. The van der Waals surface area contributed by atoms with Crippen molar-refractivity contribution in [3.05, 3.63) is 42.1 Å². The number of hydrogen-bond donors (Lipinski definition) is 3. The van der Waals surface area contributed by atoms with Crippen LogP contribution in [0.15, 0.2) is 37.1 Å². The molecule has 2 heterocycles. The summed E-state index contributed by atoms with van der Waals surface area (Å²) >= 11 is 6.45. The summed E-state index contributed by atoms with van der Waals surface area (Å²) in [6.45, 7) is 15.9. The third kappa shape index (κ3) is 8.20. The first-order valence-corrected chi connectivity index (χ1v) is 19.6. The summed E-state index contributed by atoms with van der Waals surface area (Å²) in [7, 11) is -2.49. The van der Waals surface area contributed by atoms with Gasteiger partial charge in [0.1, 0.15) is 35.1 Å². The second-order valence-electron chi connectivity index (χ2n) is 16.2. The number of amides is 4. The molecule has 1 aromatic carbocycles. The third-order valence-electron chi connectivity index (χ3n) is 10.2. The zero-order valence-corrected chi connectivity index (χ0v) is 33.1. The smallest absolute Gasteiger partial charge is 0.408 e. The number of carbonyl (C=O) groups excluding carboxylic acids is 4. The van der Waals surface area contributed by atoms with Crippen LogP contribution in [-0.2, 0) is 29.1 Å². The monoisotopic (exact) mass is 775 g/mol. The molecule has 1 aromatic heterocycles. The summed E-state index contributed by atoms with van der Waals surface area (Å²) in [5.41, 5.74) is -3.26. The highest BCUT2D eigenvalue weighted by Gasteiger charge is 2.63. The molecule has 14 nitrogen and oxygen atoms in total. The summed E-state index contributed by atoms with van der Waals surface area (Å²) in [6.07, 6.45) is 2.68. The van der Waals surface area contributed by atoms with Gasteiger partial charge in [-0.25, -0.2) is 18.2 Å². The predicted molar refractivity (Wildman–Crippen MR) is 199 cm³/mol. The second kappa shape index (κ2) is 14.3. The zero-order chi connectivity index (χ0) is 39.3. The van der Waals surface area contributed by atoms with Crippen molar-refractivity contribution < 1.29 is 41.8 Å². The SMILES string of the molecule is C=C[C@@H]1C[C@]1(NC(=O)[C@@H]1C[C@@H](Oc2ncc(Cl)c3cc(OC)ccc23)CN1C(=O)[C@@H](NC(=O)OC(C)(C)C)C(C)(C)C)C(=O)NS(=O)(=O)C1(CC)CC1. The van der Waals surface area contributed by atoms with Gasteiger partial charge in [-0.2, -0.15) is 0 Å². The van der Waals surface area contributed by atoms with Crippen LogP contribution in [0.1, 0.15) is 80.6 Å². The predicted octanol–water partition coefficient (Wildman–Crippen LogP) is 4.63. The van der Waals surface area contributed by atoms with Gasteiger partial charge in [0, 0.05) is 23.1 Å². The number of nitrogens with one attached hydrogen (secondary N) is 3. The summed E-state index contributed by atoms with van der Waals surface area (Å²) < 4.78 is 44.8. The zero-order valence-electron chi connectivity index (χ0n) is 31.5. The number of alkyl carbamates (subject to hydrolysis) is 1. The molecule has 290 valence electrons. The number of nitrogens with zero attached hydrogens (tertiary/aromatic N) is 2. The number of sulfonamides is 1. The number of rotatable bonds is 12. The van der Waals surface area contributed by atoms with Crippen LogP contribution in [0.5, 0.6) is 11.6 Å². The maximum absolute atomic E-state index is 14.5. The molecule has 3 N–H and O–H groups in total. The molecule has 0 bridgehead atoms. The molecule has 3 fully saturated rings. The quantitative estimate of drug-likeness (QED) is 0.257. The Labute approximate surface area is 315 Å². The van der Waals surface area contributed by atoms with Gasteiger partial charge in [-0.1, -0.05) is 45.4 Å². The van der Waals surface area contributed by atoms with E-state index in [1.807, 2.05) is 0 Å². The Bertz CT molecular complexity index is 1920.